The van der Waals surface area contributed by atoms with Gasteiger partial charge in [-0.15, -0.1) is 0 Å². The van der Waals surface area contributed by atoms with Crippen LogP contribution in [0, 0.1) is 11.3 Å². The van der Waals surface area contributed by atoms with Crippen LogP contribution in [-0.4, -0.2) is 33.6 Å². The Morgan fingerprint density at radius 3 is 2.46 bits per heavy atom. The third-order valence-corrected chi connectivity index (χ3v) is 4.18. The van der Waals surface area contributed by atoms with E-state index in [0.717, 1.165) is 17.6 Å². The number of para-hydroxylation sites is 2. The topological polar surface area (TPSA) is 75.9 Å². The van der Waals surface area contributed by atoms with Crippen molar-refractivity contribution in [3.05, 3.63) is 71.2 Å². The Balaban J connectivity index is 1.74. The molecule has 0 amide bonds. The molecule has 2 N–H and O–H groups in total. The highest BCUT2D eigenvalue weighted by molar-refractivity contribution is 5.82. The van der Waals surface area contributed by atoms with Gasteiger partial charge in [-0.25, -0.2) is 4.98 Å². The summed E-state index contributed by atoms with van der Waals surface area (Å²) in [5, 5.41) is 19.8. The normalized spacial score (nSPS) is 12.9. The molecule has 0 radical (unpaired) electrons. The third-order valence-electron chi connectivity index (χ3n) is 4.18. The molecule has 0 unspecified atom stereocenters. The lowest BCUT2D eigenvalue weighted by Crippen LogP contribution is -2.21. The van der Waals surface area contributed by atoms with Crippen LogP contribution < -0.4 is 0 Å². The van der Waals surface area contributed by atoms with Crippen LogP contribution in [0.2, 0.25) is 0 Å². The van der Waals surface area contributed by atoms with E-state index in [1.54, 1.807) is 18.0 Å². The summed E-state index contributed by atoms with van der Waals surface area (Å²) in [6.45, 7) is 0.349. The number of alkyl halides is 3. The van der Waals surface area contributed by atoms with Gasteiger partial charge in [0.2, 0.25) is 0 Å². The highest BCUT2D eigenvalue weighted by Gasteiger charge is 2.29. The number of likely N-dealkylation sites (N-methyl/N-ethyl adjacent to an activating group) is 1. The van der Waals surface area contributed by atoms with Gasteiger partial charge >= 0.3 is 6.18 Å². The monoisotopic (exact) mass is 386 g/mol. The average molecular weight is 386 g/mol. The molecule has 1 aromatic heterocycles. The van der Waals surface area contributed by atoms with Crippen molar-refractivity contribution in [3.8, 4) is 6.07 Å². The molecule has 8 heteroatoms. The van der Waals surface area contributed by atoms with Gasteiger partial charge in [0.05, 0.1) is 23.1 Å². The highest BCUT2D eigenvalue weighted by Crippen LogP contribution is 2.29. The first-order valence-electron chi connectivity index (χ1n) is 8.40. The first-order valence-corrected chi connectivity index (χ1v) is 8.40. The molecule has 144 valence electrons. The van der Waals surface area contributed by atoms with Gasteiger partial charge in [0, 0.05) is 6.54 Å². The molecule has 0 spiro atoms. The Labute approximate surface area is 159 Å². The summed E-state index contributed by atoms with van der Waals surface area (Å²) in [6, 6.07) is 14.0. The number of aromatic nitrogens is 2. The van der Waals surface area contributed by atoms with Crippen molar-refractivity contribution in [1.82, 2.24) is 14.9 Å². The quantitative estimate of drug-likeness (QED) is 0.500. The summed E-state index contributed by atoms with van der Waals surface area (Å²) in [5.41, 5.74) is 1.40. The van der Waals surface area contributed by atoms with E-state index >= 15 is 0 Å². The van der Waals surface area contributed by atoms with Gasteiger partial charge in [-0.3, -0.25) is 4.90 Å². The smallest absolute Gasteiger partial charge is 0.416 e. The van der Waals surface area contributed by atoms with Crippen LogP contribution in [0.4, 0.5) is 13.2 Å². The van der Waals surface area contributed by atoms with Crippen LogP contribution in [0.3, 0.4) is 0 Å². The largest absolute Gasteiger partial charge is 0.509 e. The number of allylic oxidation sites excluding steroid dienone is 1. The second-order valence-corrected chi connectivity index (χ2v) is 6.40. The first kappa shape index (κ1) is 19.5. The first-order chi connectivity index (χ1) is 13.3. The Morgan fingerprint density at radius 2 is 1.86 bits per heavy atom. The zero-order valence-electron chi connectivity index (χ0n) is 15.0. The fourth-order valence-corrected chi connectivity index (χ4v) is 2.83. The molecule has 0 fully saturated rings. The number of benzene rings is 2. The number of aliphatic hydroxyl groups excluding tert-OH is 1. The maximum Gasteiger partial charge on any atom is 0.416 e. The zero-order valence-corrected chi connectivity index (χ0v) is 15.0. The van der Waals surface area contributed by atoms with E-state index in [1.807, 2.05) is 24.3 Å². The highest BCUT2D eigenvalue weighted by atomic mass is 19.4. The lowest BCUT2D eigenvalue weighted by molar-refractivity contribution is -0.137. The molecule has 3 aromatic rings. The molecule has 2 aromatic carbocycles. The van der Waals surface area contributed by atoms with Gasteiger partial charge < -0.3 is 10.1 Å². The molecule has 0 saturated heterocycles. The fraction of sp³-hybridized carbons (Fsp3) is 0.200. The van der Waals surface area contributed by atoms with E-state index in [1.165, 1.54) is 12.1 Å². The van der Waals surface area contributed by atoms with Gasteiger partial charge in [-0.05, 0) is 36.9 Å². The van der Waals surface area contributed by atoms with Gasteiger partial charge in [-0.1, -0.05) is 24.3 Å². The summed E-state index contributed by atoms with van der Waals surface area (Å²) in [5.74, 6) is 0.0973. The molecular weight excluding hydrogens is 369 g/mol. The number of hydrogen-bond acceptors (Lipinski definition) is 4. The van der Waals surface area contributed by atoms with Gasteiger partial charge in [-0.2, -0.15) is 18.4 Å². The molecule has 0 atom stereocenters. The predicted molar refractivity (Wildman–Crippen MR) is 99.0 cm³/mol. The molecule has 1 heterocycles. The summed E-state index contributed by atoms with van der Waals surface area (Å²) >= 11 is 0. The van der Waals surface area contributed by atoms with Gasteiger partial charge in [0.25, 0.3) is 0 Å². The van der Waals surface area contributed by atoms with Crippen molar-refractivity contribution in [2.24, 2.45) is 0 Å². The van der Waals surface area contributed by atoms with Crippen molar-refractivity contribution < 1.29 is 18.3 Å². The molecule has 3 rings (SSSR count). The Hall–Kier alpha value is -3.31. The molecular formula is C20H17F3N4O. The number of aromatic amines is 1. The average Bonchev–Trinajstić information content (AvgIpc) is 3.05. The molecule has 28 heavy (non-hydrogen) atoms. The Bertz CT molecular complexity index is 1010. The van der Waals surface area contributed by atoms with E-state index in [2.05, 4.69) is 9.97 Å². The number of nitrogens with one attached hydrogen (secondary N) is 1. The second-order valence-electron chi connectivity index (χ2n) is 6.40. The van der Waals surface area contributed by atoms with Gasteiger partial charge in [0.15, 0.2) is 5.82 Å². The molecule has 0 aliphatic rings. The molecule has 0 aliphatic heterocycles. The van der Waals surface area contributed by atoms with Crippen molar-refractivity contribution in [3.63, 3.8) is 0 Å². The number of H-pyrrole nitrogens is 1. The van der Waals surface area contributed by atoms with Crippen LogP contribution in [-0.2, 0) is 12.7 Å². The molecule has 0 bridgehead atoms. The van der Waals surface area contributed by atoms with E-state index in [4.69, 9.17) is 0 Å². The summed E-state index contributed by atoms with van der Waals surface area (Å²) in [4.78, 5) is 8.99. The summed E-state index contributed by atoms with van der Waals surface area (Å²) < 4.78 is 37.9. The van der Waals surface area contributed by atoms with Crippen LogP contribution in [0.25, 0.3) is 16.6 Å². The minimum Gasteiger partial charge on any atom is -0.509 e. The van der Waals surface area contributed by atoms with E-state index in [-0.39, 0.29) is 23.7 Å². The summed E-state index contributed by atoms with van der Waals surface area (Å²) in [6.07, 6.45) is -4.38. The lowest BCUT2D eigenvalue weighted by atomic mass is 10.1. The van der Waals surface area contributed by atoms with E-state index < -0.39 is 11.7 Å². The molecule has 0 saturated carbocycles. The number of fused-ring (bicyclic) bond motifs is 1. The second kappa shape index (κ2) is 7.74. The predicted octanol–water partition coefficient (Wildman–Crippen LogP) is 4.51. The minimum absolute atomic E-state index is 0.0236. The Morgan fingerprint density at radius 1 is 1.18 bits per heavy atom. The standard InChI is InChI=1S/C20H17F3N4O/c1-27(11-13-6-8-14(9-7-13)20(21,22)23)12-18(28)15(10-24)19-25-16-4-2-3-5-17(16)26-19/h2-9,28H,11-12H2,1H3,(H,25,26)/b18-15-. The number of imidazole rings is 1. The van der Waals surface area contributed by atoms with Crippen LogP contribution in [0.15, 0.2) is 54.3 Å². The number of halogens is 3. The lowest BCUT2D eigenvalue weighted by Gasteiger charge is -2.17. The number of nitriles is 1. The van der Waals surface area contributed by atoms with Crippen molar-refractivity contribution >= 4 is 16.6 Å². The third kappa shape index (κ3) is 4.32. The molecule has 0 aliphatic carbocycles. The minimum atomic E-state index is -4.38. The Kier molecular flexibility index (Phi) is 5.38. The van der Waals surface area contributed by atoms with E-state index in [0.29, 0.717) is 17.6 Å². The van der Waals surface area contributed by atoms with Crippen molar-refractivity contribution in [2.75, 3.05) is 13.6 Å². The van der Waals surface area contributed by atoms with Gasteiger partial charge in [0.1, 0.15) is 17.4 Å². The molecule has 5 nitrogen and oxygen atoms in total. The van der Waals surface area contributed by atoms with Crippen LogP contribution >= 0.6 is 0 Å². The maximum absolute atomic E-state index is 12.6. The SMILES string of the molecule is CN(C/C(O)=C(\C#N)c1nc2ccccc2[nH]1)Cc1ccc(C(F)(F)F)cc1. The van der Waals surface area contributed by atoms with Crippen molar-refractivity contribution in [2.45, 2.75) is 12.7 Å². The number of rotatable bonds is 5. The zero-order chi connectivity index (χ0) is 20.3. The van der Waals surface area contributed by atoms with E-state index in [9.17, 15) is 23.5 Å². The number of aliphatic hydroxyl groups is 1. The van der Waals surface area contributed by atoms with Crippen molar-refractivity contribution in [1.29, 1.82) is 5.26 Å². The fourth-order valence-electron chi connectivity index (χ4n) is 2.83. The summed E-state index contributed by atoms with van der Waals surface area (Å²) in [7, 11) is 1.70. The van der Waals surface area contributed by atoms with Crippen LogP contribution in [0.5, 0.6) is 0 Å². The van der Waals surface area contributed by atoms with Crippen LogP contribution in [0.1, 0.15) is 17.0 Å². The number of nitrogens with zero attached hydrogens (tertiary/aromatic N) is 3. The number of hydrogen-bond donors (Lipinski definition) is 2. The maximum atomic E-state index is 12.6.